The molecule has 2 saturated carbocycles. The van der Waals surface area contributed by atoms with Gasteiger partial charge in [-0.2, -0.15) is 0 Å². The van der Waals surface area contributed by atoms with E-state index in [1.807, 2.05) is 0 Å². The van der Waals surface area contributed by atoms with E-state index in [4.69, 9.17) is 11.6 Å². The van der Waals surface area contributed by atoms with Gasteiger partial charge in [0.05, 0.1) is 20.8 Å². The summed E-state index contributed by atoms with van der Waals surface area (Å²) in [5.41, 5.74) is -0.470. The number of hydrogen-bond acceptors (Lipinski definition) is 5. The summed E-state index contributed by atoms with van der Waals surface area (Å²) in [6, 6.07) is 3.81. The van der Waals surface area contributed by atoms with Crippen molar-refractivity contribution in [3.63, 3.8) is 0 Å². The lowest BCUT2D eigenvalue weighted by Crippen LogP contribution is -2.25. The first kappa shape index (κ1) is 14.6. The summed E-state index contributed by atoms with van der Waals surface area (Å²) in [6.45, 7) is 0. The van der Waals surface area contributed by atoms with E-state index in [0.717, 1.165) is 25.3 Å². The highest BCUT2D eigenvalue weighted by Gasteiger charge is 2.47. The number of non-ortho nitro benzene ring substituents is 1. The largest absolute Gasteiger partial charge is 0.289 e. The van der Waals surface area contributed by atoms with Gasteiger partial charge in [0.15, 0.2) is 0 Å². The molecule has 1 aromatic rings. The van der Waals surface area contributed by atoms with Crippen LogP contribution in [-0.2, 0) is 0 Å². The topological polar surface area (TPSA) is 86.3 Å². The fraction of sp³-hybridized carbons (Fsp3) is 0.538. The second-order valence-corrected chi connectivity index (χ2v) is 7.25. The third-order valence-corrected chi connectivity index (χ3v) is 6.68. The molecule has 0 aliphatic heterocycles. The molecule has 0 radical (unpaired) electrons. The molecule has 1 aromatic carbocycles. The first-order valence-corrected chi connectivity index (χ1v) is 8.02. The van der Waals surface area contributed by atoms with Gasteiger partial charge < -0.3 is 0 Å². The molecular formula is C13H13ClN2O4S. The van der Waals surface area contributed by atoms with Gasteiger partial charge in [-0.1, -0.05) is 0 Å². The zero-order chi connectivity index (χ0) is 15.1. The van der Waals surface area contributed by atoms with E-state index < -0.39 is 9.85 Å². The number of nitro groups is 2. The lowest BCUT2D eigenvalue weighted by molar-refractivity contribution is -0.396. The number of benzene rings is 1. The SMILES string of the molecule is O=[N+]([O-])c1ccc(SC2C3CCC(C3)C2Cl)c([N+](=O)[O-])c1. The van der Waals surface area contributed by atoms with Crippen LogP contribution in [0.4, 0.5) is 11.4 Å². The van der Waals surface area contributed by atoms with Crippen LogP contribution in [0.5, 0.6) is 0 Å². The molecule has 4 unspecified atom stereocenters. The van der Waals surface area contributed by atoms with Crippen molar-refractivity contribution >= 4 is 34.7 Å². The fourth-order valence-corrected chi connectivity index (χ4v) is 5.41. The zero-order valence-corrected chi connectivity index (χ0v) is 12.5. The van der Waals surface area contributed by atoms with E-state index in [-0.39, 0.29) is 22.0 Å². The number of alkyl halides is 1. The third-order valence-electron chi connectivity index (χ3n) is 4.36. The number of thioether (sulfide) groups is 1. The summed E-state index contributed by atoms with van der Waals surface area (Å²) in [4.78, 5) is 21.2. The zero-order valence-electron chi connectivity index (χ0n) is 11.0. The summed E-state index contributed by atoms with van der Waals surface area (Å²) < 4.78 is 0. The number of rotatable bonds is 4. The highest BCUT2D eigenvalue weighted by Crippen LogP contribution is 2.54. The van der Waals surface area contributed by atoms with Gasteiger partial charge in [0.2, 0.25) is 0 Å². The van der Waals surface area contributed by atoms with E-state index in [2.05, 4.69) is 0 Å². The average molecular weight is 329 g/mol. The minimum Gasteiger partial charge on any atom is -0.258 e. The molecule has 112 valence electrons. The van der Waals surface area contributed by atoms with Crippen molar-refractivity contribution in [2.24, 2.45) is 11.8 Å². The molecule has 0 spiro atoms. The van der Waals surface area contributed by atoms with E-state index in [9.17, 15) is 20.2 Å². The van der Waals surface area contributed by atoms with Crippen molar-refractivity contribution < 1.29 is 9.85 Å². The van der Waals surface area contributed by atoms with E-state index >= 15 is 0 Å². The van der Waals surface area contributed by atoms with Gasteiger partial charge in [0.1, 0.15) is 0 Å². The number of fused-ring (bicyclic) bond motifs is 2. The van der Waals surface area contributed by atoms with Gasteiger partial charge in [-0.3, -0.25) is 20.2 Å². The molecule has 8 heteroatoms. The van der Waals surface area contributed by atoms with Crippen molar-refractivity contribution in [1.29, 1.82) is 0 Å². The Balaban J connectivity index is 1.88. The summed E-state index contributed by atoms with van der Waals surface area (Å²) in [7, 11) is 0. The lowest BCUT2D eigenvalue weighted by atomic mass is 10.00. The molecule has 0 aromatic heterocycles. The first-order valence-electron chi connectivity index (χ1n) is 6.71. The molecule has 21 heavy (non-hydrogen) atoms. The molecule has 4 atom stereocenters. The third kappa shape index (κ3) is 2.60. The second-order valence-electron chi connectivity index (χ2n) is 5.53. The number of nitro benzene ring substituents is 2. The van der Waals surface area contributed by atoms with Crippen LogP contribution in [0.3, 0.4) is 0 Å². The molecule has 0 heterocycles. The Hall–Kier alpha value is -1.34. The van der Waals surface area contributed by atoms with Crippen LogP contribution in [-0.4, -0.2) is 20.5 Å². The van der Waals surface area contributed by atoms with Crippen LogP contribution < -0.4 is 0 Å². The van der Waals surface area contributed by atoms with Crippen LogP contribution in [0.2, 0.25) is 0 Å². The predicted octanol–water partition coefficient (Wildman–Crippen LogP) is 4.00. The smallest absolute Gasteiger partial charge is 0.258 e. The Morgan fingerprint density at radius 3 is 2.43 bits per heavy atom. The monoisotopic (exact) mass is 328 g/mol. The van der Waals surface area contributed by atoms with Gasteiger partial charge in [-0.25, -0.2) is 0 Å². The van der Waals surface area contributed by atoms with Crippen LogP contribution in [0.15, 0.2) is 23.1 Å². The Kier molecular flexibility index (Phi) is 3.79. The van der Waals surface area contributed by atoms with Crippen molar-refractivity contribution in [1.82, 2.24) is 0 Å². The van der Waals surface area contributed by atoms with E-state index in [0.29, 0.717) is 16.7 Å². The van der Waals surface area contributed by atoms with Crippen LogP contribution in [0.1, 0.15) is 19.3 Å². The molecule has 2 bridgehead atoms. The van der Waals surface area contributed by atoms with E-state index in [1.54, 1.807) is 0 Å². The second kappa shape index (κ2) is 5.46. The van der Waals surface area contributed by atoms with Gasteiger partial charge >= 0.3 is 0 Å². The Morgan fingerprint density at radius 2 is 1.86 bits per heavy atom. The highest BCUT2D eigenvalue weighted by atomic mass is 35.5. The normalized spacial score (nSPS) is 30.5. The number of nitrogens with zero attached hydrogens (tertiary/aromatic N) is 2. The fourth-order valence-electron chi connectivity index (χ4n) is 3.34. The summed E-state index contributed by atoms with van der Waals surface area (Å²) >= 11 is 7.84. The number of hydrogen-bond donors (Lipinski definition) is 0. The van der Waals surface area contributed by atoms with Gasteiger partial charge in [-0.05, 0) is 37.2 Å². The van der Waals surface area contributed by atoms with Crippen LogP contribution in [0.25, 0.3) is 0 Å². The Bertz CT molecular complexity index is 610. The lowest BCUT2D eigenvalue weighted by Gasteiger charge is -2.25. The van der Waals surface area contributed by atoms with Gasteiger partial charge in [-0.15, -0.1) is 23.4 Å². The predicted molar refractivity (Wildman–Crippen MR) is 79.9 cm³/mol. The molecule has 3 rings (SSSR count). The maximum Gasteiger partial charge on any atom is 0.289 e. The quantitative estimate of drug-likeness (QED) is 0.473. The molecule has 6 nitrogen and oxygen atoms in total. The van der Waals surface area contributed by atoms with Crippen molar-refractivity contribution in [2.75, 3.05) is 0 Å². The maximum atomic E-state index is 11.1. The van der Waals surface area contributed by atoms with Crippen molar-refractivity contribution in [3.8, 4) is 0 Å². The molecular weight excluding hydrogens is 316 g/mol. The van der Waals surface area contributed by atoms with Gasteiger partial charge in [0.25, 0.3) is 11.4 Å². The molecule has 2 aliphatic rings. The molecule has 2 fully saturated rings. The van der Waals surface area contributed by atoms with E-state index in [1.165, 1.54) is 23.9 Å². The molecule has 0 saturated heterocycles. The van der Waals surface area contributed by atoms with Crippen molar-refractivity contribution in [3.05, 3.63) is 38.4 Å². The Morgan fingerprint density at radius 1 is 1.14 bits per heavy atom. The minimum atomic E-state index is -0.622. The molecule has 0 N–H and O–H groups in total. The summed E-state index contributed by atoms with van der Waals surface area (Å²) in [5, 5.41) is 22.1. The standard InChI is InChI=1S/C13H13ClN2O4S/c14-12-7-1-2-8(5-7)13(12)21-11-4-3-9(15(17)18)6-10(11)16(19)20/h3-4,6-8,12-13H,1-2,5H2. The van der Waals surface area contributed by atoms with Gasteiger partial charge in [0, 0.05) is 16.7 Å². The van der Waals surface area contributed by atoms with Crippen LogP contribution in [0, 0.1) is 32.1 Å². The molecule has 2 aliphatic carbocycles. The summed E-state index contributed by atoms with van der Waals surface area (Å²) in [6.07, 6.45) is 3.34. The summed E-state index contributed by atoms with van der Waals surface area (Å²) in [5.74, 6) is 1.00. The Labute approximate surface area is 130 Å². The maximum absolute atomic E-state index is 11.1. The average Bonchev–Trinajstić information content (AvgIpc) is 3.02. The van der Waals surface area contributed by atoms with Crippen LogP contribution >= 0.6 is 23.4 Å². The van der Waals surface area contributed by atoms with Crippen molar-refractivity contribution in [2.45, 2.75) is 34.8 Å². The minimum absolute atomic E-state index is 0.0311. The number of halogens is 1. The molecule has 0 amide bonds. The highest BCUT2D eigenvalue weighted by molar-refractivity contribution is 8.00. The first-order chi connectivity index (χ1) is 9.97.